The lowest BCUT2D eigenvalue weighted by Crippen LogP contribution is -2.26. The van der Waals surface area contributed by atoms with Gasteiger partial charge in [0, 0.05) is 6.61 Å². The molecule has 1 fully saturated rings. The largest absolute Gasteiger partial charge is 0.488 e. The first-order valence-electron chi connectivity index (χ1n) is 5.94. The summed E-state index contributed by atoms with van der Waals surface area (Å²) in [5.41, 5.74) is -0.0891. The molecular weight excluding hydrogens is 239 g/mol. The van der Waals surface area contributed by atoms with E-state index in [-0.39, 0.29) is 17.4 Å². The molecule has 1 heterocycles. The Balaban J connectivity index is 1.94. The van der Waals surface area contributed by atoms with Crippen molar-refractivity contribution in [2.45, 2.75) is 25.4 Å². The van der Waals surface area contributed by atoms with Crippen LogP contribution in [0.4, 0.5) is 4.39 Å². The van der Waals surface area contributed by atoms with Gasteiger partial charge >= 0.3 is 5.97 Å². The van der Waals surface area contributed by atoms with Gasteiger partial charge in [-0.3, -0.25) is 0 Å². The molecule has 0 radical (unpaired) electrons. The van der Waals surface area contributed by atoms with Crippen LogP contribution >= 0.6 is 0 Å². The van der Waals surface area contributed by atoms with E-state index in [0.29, 0.717) is 13.2 Å². The van der Waals surface area contributed by atoms with Crippen molar-refractivity contribution in [3.63, 3.8) is 0 Å². The van der Waals surface area contributed by atoms with Gasteiger partial charge in [-0.1, -0.05) is 0 Å². The number of halogens is 1. The quantitative estimate of drug-likeness (QED) is 0.896. The van der Waals surface area contributed by atoms with Crippen LogP contribution in [-0.4, -0.2) is 30.4 Å². The summed E-state index contributed by atoms with van der Waals surface area (Å²) in [5, 5.41) is 8.71. The highest BCUT2D eigenvalue weighted by atomic mass is 19.1. The molecule has 0 spiro atoms. The monoisotopic (exact) mass is 254 g/mol. The van der Waals surface area contributed by atoms with Crippen LogP contribution in [0, 0.1) is 5.82 Å². The molecule has 1 aromatic carbocycles. The Bertz CT molecular complexity index is 427. The number of carboxylic acid groups (broad SMARTS) is 1. The molecule has 5 heteroatoms. The molecule has 0 aliphatic carbocycles. The highest BCUT2D eigenvalue weighted by Crippen LogP contribution is 2.20. The van der Waals surface area contributed by atoms with E-state index in [4.69, 9.17) is 14.6 Å². The maximum Gasteiger partial charge on any atom is 0.335 e. The molecule has 1 N–H and O–H groups in total. The van der Waals surface area contributed by atoms with Gasteiger partial charge in [0.05, 0.1) is 11.7 Å². The summed E-state index contributed by atoms with van der Waals surface area (Å²) in [6.07, 6.45) is 3.05. The third-order valence-corrected chi connectivity index (χ3v) is 2.88. The molecule has 0 saturated carbocycles. The van der Waals surface area contributed by atoms with Crippen molar-refractivity contribution in [3.05, 3.63) is 29.6 Å². The third kappa shape index (κ3) is 3.20. The smallest absolute Gasteiger partial charge is 0.335 e. The SMILES string of the molecule is O=C(O)c1ccc(OCC2CCCCO2)c(F)c1. The fraction of sp³-hybridized carbons (Fsp3) is 0.462. The molecule has 0 amide bonds. The van der Waals surface area contributed by atoms with Crippen LogP contribution in [0.25, 0.3) is 0 Å². The Morgan fingerprint density at radius 2 is 2.33 bits per heavy atom. The molecule has 18 heavy (non-hydrogen) atoms. The van der Waals surface area contributed by atoms with E-state index in [2.05, 4.69) is 0 Å². The lowest BCUT2D eigenvalue weighted by atomic mass is 10.1. The molecular formula is C13H15FO4. The second kappa shape index (κ2) is 5.82. The fourth-order valence-electron chi connectivity index (χ4n) is 1.87. The lowest BCUT2D eigenvalue weighted by Gasteiger charge is -2.22. The van der Waals surface area contributed by atoms with Crippen molar-refractivity contribution < 1.29 is 23.8 Å². The average molecular weight is 254 g/mol. The molecule has 98 valence electrons. The number of ether oxygens (including phenoxy) is 2. The van der Waals surface area contributed by atoms with Crippen LogP contribution < -0.4 is 4.74 Å². The molecule has 0 bridgehead atoms. The summed E-state index contributed by atoms with van der Waals surface area (Å²) < 4.78 is 24.3. The van der Waals surface area contributed by atoms with E-state index in [1.807, 2.05) is 0 Å². The van der Waals surface area contributed by atoms with Gasteiger partial charge in [-0.15, -0.1) is 0 Å². The summed E-state index contributed by atoms with van der Waals surface area (Å²) in [5.74, 6) is -1.75. The van der Waals surface area contributed by atoms with E-state index >= 15 is 0 Å². The molecule has 1 saturated heterocycles. The van der Waals surface area contributed by atoms with Gasteiger partial charge in [-0.05, 0) is 37.5 Å². The van der Waals surface area contributed by atoms with Gasteiger partial charge in [0.15, 0.2) is 11.6 Å². The Hall–Kier alpha value is -1.62. The fourth-order valence-corrected chi connectivity index (χ4v) is 1.87. The minimum Gasteiger partial charge on any atom is -0.488 e. The maximum absolute atomic E-state index is 13.5. The van der Waals surface area contributed by atoms with Gasteiger partial charge in [0.1, 0.15) is 6.61 Å². The molecule has 0 aromatic heterocycles. The van der Waals surface area contributed by atoms with Crippen molar-refractivity contribution >= 4 is 5.97 Å². The second-order valence-corrected chi connectivity index (χ2v) is 4.25. The zero-order valence-electron chi connectivity index (χ0n) is 9.89. The summed E-state index contributed by atoms with van der Waals surface area (Å²) >= 11 is 0. The van der Waals surface area contributed by atoms with Crippen molar-refractivity contribution in [2.24, 2.45) is 0 Å². The number of carboxylic acids is 1. The Morgan fingerprint density at radius 3 is 2.94 bits per heavy atom. The topological polar surface area (TPSA) is 55.8 Å². The van der Waals surface area contributed by atoms with E-state index < -0.39 is 11.8 Å². The van der Waals surface area contributed by atoms with Crippen molar-refractivity contribution in [1.82, 2.24) is 0 Å². The highest BCUT2D eigenvalue weighted by molar-refractivity contribution is 5.87. The first-order chi connectivity index (χ1) is 8.66. The van der Waals surface area contributed by atoms with Gasteiger partial charge < -0.3 is 14.6 Å². The third-order valence-electron chi connectivity index (χ3n) is 2.88. The standard InChI is InChI=1S/C13H15FO4/c14-11-7-9(13(15)16)4-5-12(11)18-8-10-3-1-2-6-17-10/h4-5,7,10H,1-3,6,8H2,(H,15,16). The predicted octanol–water partition coefficient (Wildman–Crippen LogP) is 2.47. The molecule has 1 aromatic rings. The van der Waals surface area contributed by atoms with Gasteiger partial charge in [-0.2, -0.15) is 0 Å². The van der Waals surface area contributed by atoms with Gasteiger partial charge in [-0.25, -0.2) is 9.18 Å². The van der Waals surface area contributed by atoms with Gasteiger partial charge in [0.25, 0.3) is 0 Å². The lowest BCUT2D eigenvalue weighted by molar-refractivity contribution is -0.0117. The number of benzene rings is 1. The first kappa shape index (κ1) is 12.8. The second-order valence-electron chi connectivity index (χ2n) is 4.25. The first-order valence-corrected chi connectivity index (χ1v) is 5.94. The number of carbonyl (C=O) groups is 1. The number of rotatable bonds is 4. The minimum atomic E-state index is -1.16. The van der Waals surface area contributed by atoms with Crippen molar-refractivity contribution in [2.75, 3.05) is 13.2 Å². The summed E-state index contributed by atoms with van der Waals surface area (Å²) in [6, 6.07) is 3.61. The molecule has 1 aliphatic heterocycles. The van der Waals surface area contributed by atoms with Crippen LogP contribution in [0.3, 0.4) is 0 Å². The van der Waals surface area contributed by atoms with E-state index in [9.17, 15) is 9.18 Å². The van der Waals surface area contributed by atoms with Crippen molar-refractivity contribution in [1.29, 1.82) is 0 Å². The van der Waals surface area contributed by atoms with Crippen LogP contribution in [0.2, 0.25) is 0 Å². The van der Waals surface area contributed by atoms with Crippen LogP contribution in [0.1, 0.15) is 29.6 Å². The average Bonchev–Trinajstić information content (AvgIpc) is 2.38. The van der Waals surface area contributed by atoms with E-state index in [0.717, 1.165) is 25.3 Å². The Labute approximate surface area is 104 Å². The van der Waals surface area contributed by atoms with Crippen LogP contribution in [-0.2, 0) is 4.74 Å². The summed E-state index contributed by atoms with van der Waals surface area (Å²) in [4.78, 5) is 10.6. The van der Waals surface area contributed by atoms with Crippen molar-refractivity contribution in [3.8, 4) is 5.75 Å². The highest BCUT2D eigenvalue weighted by Gasteiger charge is 2.16. The molecule has 4 nitrogen and oxygen atoms in total. The minimum absolute atomic E-state index is 0.00250. The predicted molar refractivity (Wildman–Crippen MR) is 62.4 cm³/mol. The Kier molecular flexibility index (Phi) is 4.15. The zero-order valence-corrected chi connectivity index (χ0v) is 9.89. The molecule has 1 atom stereocenters. The van der Waals surface area contributed by atoms with Crippen LogP contribution in [0.15, 0.2) is 18.2 Å². The normalized spacial score (nSPS) is 19.5. The van der Waals surface area contributed by atoms with Gasteiger partial charge in [0.2, 0.25) is 0 Å². The molecule has 2 rings (SSSR count). The number of aromatic carboxylic acids is 1. The molecule has 1 aliphatic rings. The Morgan fingerprint density at radius 1 is 1.50 bits per heavy atom. The molecule has 1 unspecified atom stereocenters. The maximum atomic E-state index is 13.5. The van der Waals surface area contributed by atoms with E-state index in [1.54, 1.807) is 0 Å². The number of hydrogen-bond acceptors (Lipinski definition) is 3. The number of hydrogen-bond donors (Lipinski definition) is 1. The summed E-state index contributed by atoms with van der Waals surface area (Å²) in [6.45, 7) is 1.01. The van der Waals surface area contributed by atoms with E-state index in [1.165, 1.54) is 12.1 Å². The van der Waals surface area contributed by atoms with Crippen LogP contribution in [0.5, 0.6) is 5.75 Å². The summed E-state index contributed by atoms with van der Waals surface area (Å²) in [7, 11) is 0. The zero-order chi connectivity index (χ0) is 13.0.